The van der Waals surface area contributed by atoms with Crippen molar-refractivity contribution in [1.82, 2.24) is 0 Å². The second-order valence-corrected chi connectivity index (χ2v) is 5.82. The maximum absolute atomic E-state index is 10.6. The average molecular weight is 282 g/mol. The van der Waals surface area contributed by atoms with E-state index in [4.69, 9.17) is 5.73 Å². The van der Waals surface area contributed by atoms with Crippen LogP contribution in [-0.4, -0.2) is 11.7 Å². The largest absolute Gasteiger partial charge is 0.350 e. The van der Waals surface area contributed by atoms with Gasteiger partial charge in [-0.15, -0.1) is 0 Å². The Morgan fingerprint density at radius 2 is 1.20 bits per heavy atom. The summed E-state index contributed by atoms with van der Waals surface area (Å²) in [6.45, 7) is 4.14. The lowest BCUT2D eigenvalue weighted by Gasteiger charge is -2.03. The zero-order valence-electron chi connectivity index (χ0n) is 13.6. The quantitative estimate of drug-likeness (QED) is 0.346. The first-order chi connectivity index (χ1) is 9.66. The summed E-state index contributed by atoms with van der Waals surface area (Å²) >= 11 is 0. The van der Waals surface area contributed by atoms with Gasteiger partial charge in [-0.3, -0.25) is 0 Å². The molecule has 0 heterocycles. The highest BCUT2D eigenvalue weighted by Gasteiger charge is 1.96. The minimum absolute atomic E-state index is 0.568. The van der Waals surface area contributed by atoms with Gasteiger partial charge in [-0.05, 0) is 19.8 Å². The molecule has 0 spiro atoms. The fourth-order valence-electron chi connectivity index (χ4n) is 2.47. The van der Waals surface area contributed by atoms with E-state index in [1.54, 1.807) is 0 Å². The summed E-state index contributed by atoms with van der Waals surface area (Å²) in [5, 5.41) is 0. The Labute approximate surface area is 125 Å². The summed E-state index contributed by atoms with van der Waals surface area (Å²) in [6, 6.07) is -0.568. The van der Waals surface area contributed by atoms with E-state index in [0.717, 1.165) is 18.6 Å². The van der Waals surface area contributed by atoms with Crippen LogP contribution in [0.5, 0.6) is 0 Å². The highest BCUT2D eigenvalue weighted by molar-refractivity contribution is 5.92. The van der Waals surface area contributed by atoms with Crippen LogP contribution in [0.1, 0.15) is 97.3 Å². The monoisotopic (exact) mass is 282 g/mol. The third-order valence-corrected chi connectivity index (χ3v) is 3.69. The van der Waals surface area contributed by atoms with Gasteiger partial charge in [0, 0.05) is 5.71 Å². The van der Waals surface area contributed by atoms with Gasteiger partial charge in [-0.1, -0.05) is 77.6 Å². The van der Waals surface area contributed by atoms with Gasteiger partial charge in [0.25, 0.3) is 0 Å². The molecule has 0 saturated heterocycles. The molecule has 0 rings (SSSR count). The van der Waals surface area contributed by atoms with Crippen LogP contribution < -0.4 is 5.73 Å². The number of rotatable bonds is 13. The topological polar surface area (TPSA) is 55.4 Å². The summed E-state index contributed by atoms with van der Waals surface area (Å²) in [5.41, 5.74) is 5.87. The predicted octanol–water partition coefficient (Wildman–Crippen LogP) is 5.62. The Morgan fingerprint density at radius 3 is 1.60 bits per heavy atom. The first kappa shape index (κ1) is 19.1. The van der Waals surface area contributed by atoms with Crippen LogP contribution in [0.3, 0.4) is 0 Å². The molecule has 0 atom stereocenters. The molecule has 0 radical (unpaired) electrons. The number of urea groups is 1. The molecule has 3 nitrogen and oxygen atoms in total. The molecule has 0 aromatic rings. The molecule has 2 amide bonds. The van der Waals surface area contributed by atoms with Crippen molar-refractivity contribution in [1.29, 1.82) is 0 Å². The second kappa shape index (κ2) is 14.5. The minimum Gasteiger partial charge on any atom is -0.350 e. The van der Waals surface area contributed by atoms with Gasteiger partial charge in [0.2, 0.25) is 0 Å². The molecule has 118 valence electrons. The predicted molar refractivity (Wildman–Crippen MR) is 88.4 cm³/mol. The van der Waals surface area contributed by atoms with E-state index in [2.05, 4.69) is 11.9 Å². The molecule has 0 saturated carbocycles. The number of nitrogens with two attached hydrogens (primary N) is 1. The van der Waals surface area contributed by atoms with Crippen molar-refractivity contribution < 1.29 is 4.79 Å². The van der Waals surface area contributed by atoms with Crippen molar-refractivity contribution in [3.05, 3.63) is 0 Å². The third kappa shape index (κ3) is 15.2. The zero-order valence-corrected chi connectivity index (χ0v) is 13.6. The number of carbonyl (C=O) groups is 1. The zero-order chi connectivity index (χ0) is 15.1. The lowest BCUT2D eigenvalue weighted by Crippen LogP contribution is -2.07. The molecule has 2 N–H and O–H groups in total. The minimum atomic E-state index is -0.568. The number of aliphatic imine (C=N–C) groups is 1. The molecule has 0 aliphatic rings. The number of unbranched alkanes of at least 4 members (excludes halogenated alkanes) is 11. The summed E-state index contributed by atoms with van der Waals surface area (Å²) in [5.74, 6) is 0. The van der Waals surface area contributed by atoms with Crippen LogP contribution in [0, 0.1) is 0 Å². The van der Waals surface area contributed by atoms with Crippen molar-refractivity contribution in [2.45, 2.75) is 97.3 Å². The second-order valence-electron chi connectivity index (χ2n) is 5.82. The molecule has 20 heavy (non-hydrogen) atoms. The number of primary amides is 1. The first-order valence-corrected chi connectivity index (χ1v) is 8.50. The number of hydrogen-bond acceptors (Lipinski definition) is 1. The fourth-order valence-corrected chi connectivity index (χ4v) is 2.47. The lowest BCUT2D eigenvalue weighted by atomic mass is 10.0. The molecular weight excluding hydrogens is 248 g/mol. The van der Waals surface area contributed by atoms with Crippen LogP contribution in [0.25, 0.3) is 0 Å². The average Bonchev–Trinajstić information content (AvgIpc) is 2.39. The fraction of sp³-hybridized carbons (Fsp3) is 0.882. The van der Waals surface area contributed by atoms with E-state index >= 15 is 0 Å². The lowest BCUT2D eigenvalue weighted by molar-refractivity contribution is 0.256. The van der Waals surface area contributed by atoms with Crippen molar-refractivity contribution in [2.75, 3.05) is 0 Å². The third-order valence-electron chi connectivity index (χ3n) is 3.69. The van der Waals surface area contributed by atoms with E-state index in [-0.39, 0.29) is 0 Å². The highest BCUT2D eigenvalue weighted by atomic mass is 16.2. The maximum Gasteiger partial charge on any atom is 0.338 e. The van der Waals surface area contributed by atoms with Gasteiger partial charge in [0.15, 0.2) is 0 Å². The molecule has 0 unspecified atom stereocenters. The van der Waals surface area contributed by atoms with E-state index < -0.39 is 6.03 Å². The van der Waals surface area contributed by atoms with Gasteiger partial charge < -0.3 is 5.73 Å². The molecule has 0 aromatic heterocycles. The van der Waals surface area contributed by atoms with E-state index in [0.29, 0.717) is 0 Å². The number of amides is 2. The Bertz CT molecular complexity index is 262. The first-order valence-electron chi connectivity index (χ1n) is 8.50. The Kier molecular flexibility index (Phi) is 13.9. The number of hydrogen-bond donors (Lipinski definition) is 1. The van der Waals surface area contributed by atoms with Crippen LogP contribution in [0.4, 0.5) is 4.79 Å². The van der Waals surface area contributed by atoms with Crippen molar-refractivity contribution in [3.8, 4) is 0 Å². The molecule has 0 fully saturated rings. The summed E-state index contributed by atoms with van der Waals surface area (Å²) in [4.78, 5) is 14.3. The van der Waals surface area contributed by atoms with Crippen LogP contribution in [-0.2, 0) is 0 Å². The molecule has 0 bridgehead atoms. The molecule has 3 heteroatoms. The van der Waals surface area contributed by atoms with Crippen LogP contribution >= 0.6 is 0 Å². The van der Waals surface area contributed by atoms with Gasteiger partial charge in [0.05, 0.1) is 0 Å². The number of carbonyl (C=O) groups excluding carboxylic acids is 1. The molecule has 0 aliphatic carbocycles. The van der Waals surface area contributed by atoms with E-state index in [9.17, 15) is 4.79 Å². The van der Waals surface area contributed by atoms with Gasteiger partial charge in [-0.25, -0.2) is 9.79 Å². The number of nitrogens with zero attached hydrogens (tertiary/aromatic N) is 1. The van der Waals surface area contributed by atoms with E-state index in [1.165, 1.54) is 70.6 Å². The Balaban J connectivity index is 3.15. The molecule has 0 aliphatic heterocycles. The van der Waals surface area contributed by atoms with Crippen molar-refractivity contribution in [2.24, 2.45) is 10.7 Å². The smallest absolute Gasteiger partial charge is 0.338 e. The van der Waals surface area contributed by atoms with Gasteiger partial charge in [-0.2, -0.15) is 0 Å². The van der Waals surface area contributed by atoms with Crippen LogP contribution in [0.2, 0.25) is 0 Å². The van der Waals surface area contributed by atoms with Crippen LogP contribution in [0.15, 0.2) is 4.99 Å². The maximum atomic E-state index is 10.6. The van der Waals surface area contributed by atoms with Gasteiger partial charge in [0.1, 0.15) is 0 Å². The van der Waals surface area contributed by atoms with E-state index in [1.807, 2.05) is 6.92 Å². The van der Waals surface area contributed by atoms with Crippen molar-refractivity contribution >= 4 is 11.7 Å². The van der Waals surface area contributed by atoms with Gasteiger partial charge >= 0.3 is 6.03 Å². The normalized spacial score (nSPS) is 11.8. The Hall–Kier alpha value is -0.860. The summed E-state index contributed by atoms with van der Waals surface area (Å²) < 4.78 is 0. The summed E-state index contributed by atoms with van der Waals surface area (Å²) in [6.07, 6.45) is 17.1. The SMILES string of the molecule is CCCCCCCCCCCCCCC(C)=NC(N)=O. The Morgan fingerprint density at radius 1 is 0.800 bits per heavy atom. The molecular formula is C17H34N2O. The summed E-state index contributed by atoms with van der Waals surface area (Å²) in [7, 11) is 0. The standard InChI is InChI=1S/C17H34N2O/c1-3-4-5-6-7-8-9-10-11-12-13-14-15-16(2)19-17(18)20/h3-15H2,1-2H3,(H2,18,20). The molecule has 0 aromatic carbocycles. The van der Waals surface area contributed by atoms with Crippen molar-refractivity contribution in [3.63, 3.8) is 0 Å². The highest BCUT2D eigenvalue weighted by Crippen LogP contribution is 2.12.